The molecule has 0 spiro atoms. The van der Waals surface area contributed by atoms with Crippen LogP contribution in [-0.2, 0) is 28.7 Å². The molecule has 9 nitrogen and oxygen atoms in total. The zero-order valence-corrected chi connectivity index (χ0v) is 22.2. The lowest BCUT2D eigenvalue weighted by Crippen LogP contribution is -2.24. The highest BCUT2D eigenvalue weighted by molar-refractivity contribution is 6.01. The van der Waals surface area contributed by atoms with Crippen LogP contribution >= 0.6 is 0 Å². The van der Waals surface area contributed by atoms with E-state index in [-0.39, 0.29) is 29.5 Å². The molecule has 0 aliphatic heterocycles. The van der Waals surface area contributed by atoms with Gasteiger partial charge >= 0.3 is 6.18 Å². The normalized spacial score (nSPS) is 13.6. The molecule has 1 aliphatic rings. The highest BCUT2D eigenvalue weighted by Gasteiger charge is 2.31. The van der Waals surface area contributed by atoms with E-state index in [1.165, 1.54) is 16.6 Å². The summed E-state index contributed by atoms with van der Waals surface area (Å²) in [6.45, 7) is 5.08. The molecule has 212 valence electrons. The summed E-state index contributed by atoms with van der Waals surface area (Å²) in [6, 6.07) is 11.0. The molecule has 0 unspecified atom stereocenters. The van der Waals surface area contributed by atoms with Crippen LogP contribution in [0.1, 0.15) is 49.2 Å². The second-order valence-electron chi connectivity index (χ2n) is 9.74. The number of benzene rings is 2. The van der Waals surface area contributed by atoms with Gasteiger partial charge in [0.05, 0.1) is 16.8 Å². The molecule has 2 aromatic heterocycles. The Hall–Kier alpha value is -4.74. The molecule has 5 rings (SSSR count). The Kier molecular flexibility index (Phi) is 7.48. The van der Waals surface area contributed by atoms with Gasteiger partial charge < -0.3 is 10.6 Å². The number of anilines is 2. The van der Waals surface area contributed by atoms with Crippen LogP contribution in [0.4, 0.5) is 24.5 Å². The number of hydrogen-bond donors (Lipinski definition) is 2. The maximum atomic E-state index is 13.9. The molecule has 1 aliphatic carbocycles. The number of carbonyl (C=O) groups is 2. The summed E-state index contributed by atoms with van der Waals surface area (Å²) in [5.74, 6) is -0.175. The van der Waals surface area contributed by atoms with Crippen LogP contribution < -0.4 is 16.2 Å². The van der Waals surface area contributed by atoms with Gasteiger partial charge in [0.1, 0.15) is 12.4 Å². The number of amides is 2. The number of nitrogens with one attached hydrogen (secondary N) is 2. The first-order valence-electron chi connectivity index (χ1n) is 13.1. The average Bonchev–Trinajstić information content (AvgIpc) is 3.25. The lowest BCUT2D eigenvalue weighted by atomic mass is 9.85. The van der Waals surface area contributed by atoms with Gasteiger partial charge in [0.25, 0.3) is 5.56 Å². The minimum atomic E-state index is -4.48. The second-order valence-corrected chi connectivity index (χ2v) is 9.74. The first kappa shape index (κ1) is 27.8. The molecule has 0 saturated heterocycles. The minimum absolute atomic E-state index is 0.0302. The number of aryl methyl sites for hydroxylation is 1. The Morgan fingerprint density at radius 3 is 2.41 bits per heavy atom. The summed E-state index contributed by atoms with van der Waals surface area (Å²) in [6.07, 6.45) is -0.316. The Balaban J connectivity index is 1.56. The Morgan fingerprint density at radius 1 is 1.10 bits per heavy atom. The van der Waals surface area contributed by atoms with Crippen molar-refractivity contribution in [2.24, 2.45) is 0 Å². The number of fused-ring (bicyclic) bond motifs is 1. The van der Waals surface area contributed by atoms with Crippen molar-refractivity contribution in [1.82, 2.24) is 19.2 Å². The molecule has 2 amide bonds. The van der Waals surface area contributed by atoms with Gasteiger partial charge in [-0.05, 0) is 55.7 Å². The van der Waals surface area contributed by atoms with Gasteiger partial charge in [-0.25, -0.2) is 4.98 Å². The van der Waals surface area contributed by atoms with Crippen molar-refractivity contribution < 1.29 is 22.8 Å². The molecule has 2 N–H and O–H groups in total. The third-order valence-corrected chi connectivity index (χ3v) is 7.08. The van der Waals surface area contributed by atoms with Crippen LogP contribution in [0.15, 0.2) is 66.0 Å². The number of rotatable bonds is 8. The number of nitrogens with zero attached hydrogens (tertiary/aromatic N) is 4. The van der Waals surface area contributed by atoms with Crippen molar-refractivity contribution in [2.75, 3.05) is 10.6 Å². The first-order chi connectivity index (χ1) is 19.6. The number of aromatic nitrogens is 4. The lowest BCUT2D eigenvalue weighted by molar-refractivity contribution is -0.137. The SMILES string of the molecule is C=CC(=O)Nc1ccccc1-c1c(CC)nc2n(CC(=O)Nc3ccc(C(F)(F)F)cc3)c(C3CCC3)nn2c1=O. The fraction of sp³-hybridized carbons (Fsp3) is 0.276. The van der Waals surface area contributed by atoms with Crippen molar-refractivity contribution in [3.8, 4) is 11.1 Å². The predicted octanol–water partition coefficient (Wildman–Crippen LogP) is 5.17. The van der Waals surface area contributed by atoms with Crippen molar-refractivity contribution >= 4 is 29.0 Å². The molecule has 2 aromatic carbocycles. The first-order valence-corrected chi connectivity index (χ1v) is 13.1. The highest BCUT2D eigenvalue weighted by Crippen LogP contribution is 2.36. The number of hydrogen-bond acceptors (Lipinski definition) is 5. The van der Waals surface area contributed by atoms with Crippen molar-refractivity contribution in [1.29, 1.82) is 0 Å². The molecule has 1 fully saturated rings. The summed E-state index contributed by atoms with van der Waals surface area (Å²) in [5, 5.41) is 9.94. The second kappa shape index (κ2) is 11.0. The Labute approximate surface area is 232 Å². The standard InChI is InChI=1S/C29H27F3N6O3/c1-3-21-25(20-10-5-6-11-22(20)34-23(39)4-2)27(41)38-28(35-21)37(26(36-38)17-8-7-9-17)16-24(40)33-19-14-12-18(13-15-19)29(30,31)32/h4-6,10-15,17H,2-3,7-9,16H2,1H3,(H,33,40)(H,34,39). The predicted molar refractivity (Wildman–Crippen MR) is 148 cm³/mol. The van der Waals surface area contributed by atoms with Gasteiger partial charge in [0, 0.05) is 22.9 Å². The Morgan fingerprint density at radius 2 is 1.80 bits per heavy atom. The van der Waals surface area contributed by atoms with Crippen LogP contribution in [0.5, 0.6) is 0 Å². The maximum Gasteiger partial charge on any atom is 0.416 e. The Bertz CT molecular complexity index is 1700. The van der Waals surface area contributed by atoms with E-state index in [1.807, 2.05) is 6.92 Å². The average molecular weight is 565 g/mol. The third kappa shape index (κ3) is 5.49. The molecule has 12 heteroatoms. The van der Waals surface area contributed by atoms with Crippen LogP contribution in [0.2, 0.25) is 0 Å². The number of alkyl halides is 3. The molecular weight excluding hydrogens is 537 g/mol. The van der Waals surface area contributed by atoms with E-state index in [1.54, 1.807) is 28.8 Å². The minimum Gasteiger partial charge on any atom is -0.325 e. The van der Waals surface area contributed by atoms with E-state index in [4.69, 9.17) is 4.98 Å². The fourth-order valence-corrected chi connectivity index (χ4v) is 4.80. The van der Waals surface area contributed by atoms with E-state index < -0.39 is 29.1 Å². The smallest absolute Gasteiger partial charge is 0.325 e. The van der Waals surface area contributed by atoms with Gasteiger partial charge in [-0.1, -0.05) is 38.1 Å². The summed E-state index contributed by atoms with van der Waals surface area (Å²) < 4.78 is 41.5. The van der Waals surface area contributed by atoms with Gasteiger partial charge in [0.2, 0.25) is 17.6 Å². The van der Waals surface area contributed by atoms with Crippen molar-refractivity contribution in [3.63, 3.8) is 0 Å². The molecule has 2 heterocycles. The van der Waals surface area contributed by atoms with Crippen LogP contribution in [0.3, 0.4) is 0 Å². The zero-order valence-electron chi connectivity index (χ0n) is 22.2. The topological polar surface area (TPSA) is 110 Å². The number of para-hydroxylation sites is 1. The largest absolute Gasteiger partial charge is 0.416 e. The lowest BCUT2D eigenvalue weighted by Gasteiger charge is -2.24. The quantitative estimate of drug-likeness (QED) is 0.287. The molecule has 0 bridgehead atoms. The summed E-state index contributed by atoms with van der Waals surface area (Å²) >= 11 is 0. The van der Waals surface area contributed by atoms with Gasteiger partial charge in [-0.15, -0.1) is 5.10 Å². The molecule has 4 aromatic rings. The van der Waals surface area contributed by atoms with E-state index in [0.717, 1.165) is 37.5 Å². The summed E-state index contributed by atoms with van der Waals surface area (Å²) in [4.78, 5) is 43.8. The maximum absolute atomic E-state index is 13.9. The number of carbonyl (C=O) groups excluding carboxylic acids is 2. The monoisotopic (exact) mass is 564 g/mol. The van der Waals surface area contributed by atoms with Crippen LogP contribution in [0.25, 0.3) is 16.9 Å². The summed E-state index contributed by atoms with van der Waals surface area (Å²) in [5.41, 5.74) is 0.572. The van der Waals surface area contributed by atoms with Crippen molar-refractivity contribution in [2.45, 2.75) is 51.2 Å². The van der Waals surface area contributed by atoms with Crippen LogP contribution in [-0.4, -0.2) is 31.0 Å². The zero-order chi connectivity index (χ0) is 29.3. The molecule has 0 atom stereocenters. The molecule has 1 saturated carbocycles. The fourth-order valence-electron chi connectivity index (χ4n) is 4.80. The molecule has 0 radical (unpaired) electrons. The van der Waals surface area contributed by atoms with E-state index in [2.05, 4.69) is 22.3 Å². The third-order valence-electron chi connectivity index (χ3n) is 7.08. The van der Waals surface area contributed by atoms with E-state index in [9.17, 15) is 27.6 Å². The number of halogens is 3. The van der Waals surface area contributed by atoms with Crippen molar-refractivity contribution in [3.05, 3.63) is 88.6 Å². The highest BCUT2D eigenvalue weighted by atomic mass is 19.4. The van der Waals surface area contributed by atoms with Crippen LogP contribution in [0, 0.1) is 0 Å². The van der Waals surface area contributed by atoms with Gasteiger partial charge in [-0.3, -0.25) is 19.0 Å². The molecular formula is C29H27F3N6O3. The van der Waals surface area contributed by atoms with Gasteiger partial charge in [0.15, 0.2) is 0 Å². The van der Waals surface area contributed by atoms with Gasteiger partial charge in [-0.2, -0.15) is 17.7 Å². The molecule has 41 heavy (non-hydrogen) atoms. The van der Waals surface area contributed by atoms with E-state index >= 15 is 0 Å². The summed E-state index contributed by atoms with van der Waals surface area (Å²) in [7, 11) is 0. The van der Waals surface area contributed by atoms with E-state index in [0.29, 0.717) is 29.2 Å².